The number of urea groups is 1. The molecule has 1 saturated heterocycles. The van der Waals surface area contributed by atoms with E-state index in [0.717, 1.165) is 50.7 Å². The molecule has 2 amide bonds. The van der Waals surface area contributed by atoms with Crippen molar-refractivity contribution in [2.75, 3.05) is 44.2 Å². The van der Waals surface area contributed by atoms with Crippen molar-refractivity contribution in [2.24, 2.45) is 0 Å². The lowest BCUT2D eigenvalue weighted by atomic mass is 10.3. The average molecular weight is 355 g/mol. The number of hydrogen-bond acceptors (Lipinski definition) is 6. The number of pyridine rings is 1. The van der Waals surface area contributed by atoms with E-state index in [1.807, 2.05) is 18.2 Å². The van der Waals surface area contributed by atoms with Gasteiger partial charge in [-0.15, -0.1) is 0 Å². The van der Waals surface area contributed by atoms with Crippen LogP contribution in [0.3, 0.4) is 0 Å². The van der Waals surface area contributed by atoms with E-state index in [-0.39, 0.29) is 6.03 Å². The fraction of sp³-hybridized carbons (Fsp3) is 0.444. The van der Waals surface area contributed by atoms with Gasteiger partial charge >= 0.3 is 6.03 Å². The summed E-state index contributed by atoms with van der Waals surface area (Å²) in [6.45, 7) is 5.99. The Morgan fingerprint density at radius 2 is 1.85 bits per heavy atom. The Bertz CT molecular complexity index is 660. The third-order valence-electron chi connectivity index (χ3n) is 4.32. The molecule has 1 aliphatic rings. The molecule has 0 saturated carbocycles. The fourth-order valence-electron chi connectivity index (χ4n) is 2.88. The van der Waals surface area contributed by atoms with Crippen LogP contribution in [0.2, 0.25) is 0 Å². The lowest BCUT2D eigenvalue weighted by molar-refractivity contribution is 0.235. The SMILES string of the molecule is O=C(NCCCN1CCN(c2ncccn2)CC1)NCc1cccnc1. The van der Waals surface area contributed by atoms with Crippen molar-refractivity contribution in [1.82, 2.24) is 30.5 Å². The molecule has 138 valence electrons. The molecule has 1 fully saturated rings. The van der Waals surface area contributed by atoms with Crippen molar-refractivity contribution < 1.29 is 4.79 Å². The van der Waals surface area contributed by atoms with Crippen LogP contribution >= 0.6 is 0 Å². The van der Waals surface area contributed by atoms with Crippen molar-refractivity contribution in [3.8, 4) is 0 Å². The quantitative estimate of drug-likeness (QED) is 0.717. The summed E-state index contributed by atoms with van der Waals surface area (Å²) < 4.78 is 0. The highest BCUT2D eigenvalue weighted by molar-refractivity contribution is 5.73. The van der Waals surface area contributed by atoms with E-state index in [1.54, 1.807) is 24.8 Å². The Balaban J connectivity index is 1.26. The molecular formula is C18H25N7O. The Hall–Kier alpha value is -2.74. The summed E-state index contributed by atoms with van der Waals surface area (Å²) in [5, 5.41) is 5.74. The first-order valence-corrected chi connectivity index (χ1v) is 8.96. The Labute approximate surface area is 153 Å². The van der Waals surface area contributed by atoms with Crippen molar-refractivity contribution in [3.63, 3.8) is 0 Å². The molecule has 8 nitrogen and oxygen atoms in total. The maximum atomic E-state index is 11.8. The lowest BCUT2D eigenvalue weighted by Gasteiger charge is -2.34. The summed E-state index contributed by atoms with van der Waals surface area (Å²) in [5.41, 5.74) is 0.989. The van der Waals surface area contributed by atoms with Gasteiger partial charge in [-0.25, -0.2) is 14.8 Å². The van der Waals surface area contributed by atoms with Gasteiger partial charge in [0, 0.05) is 64.1 Å². The fourth-order valence-corrected chi connectivity index (χ4v) is 2.88. The van der Waals surface area contributed by atoms with Gasteiger partial charge in [-0.3, -0.25) is 9.88 Å². The third-order valence-corrected chi connectivity index (χ3v) is 4.32. The van der Waals surface area contributed by atoms with Crippen LogP contribution in [0.15, 0.2) is 43.0 Å². The predicted molar refractivity (Wildman–Crippen MR) is 99.8 cm³/mol. The molecule has 0 spiro atoms. The first-order valence-electron chi connectivity index (χ1n) is 8.96. The van der Waals surface area contributed by atoms with Crippen LogP contribution in [-0.2, 0) is 6.54 Å². The number of anilines is 1. The standard InChI is InChI=1S/C18H25N7O/c26-18(23-15-16-4-1-5-19-14-16)22-8-3-9-24-10-12-25(13-11-24)17-20-6-2-7-21-17/h1-2,4-7,14H,3,8-13,15H2,(H2,22,23,26). The monoisotopic (exact) mass is 355 g/mol. The van der Waals surface area contributed by atoms with E-state index >= 15 is 0 Å². The molecule has 0 bridgehead atoms. The first kappa shape index (κ1) is 18.1. The highest BCUT2D eigenvalue weighted by atomic mass is 16.2. The van der Waals surface area contributed by atoms with Gasteiger partial charge in [-0.05, 0) is 30.7 Å². The van der Waals surface area contributed by atoms with Gasteiger partial charge in [-0.1, -0.05) is 6.07 Å². The summed E-state index contributed by atoms with van der Waals surface area (Å²) >= 11 is 0. The van der Waals surface area contributed by atoms with E-state index in [2.05, 4.69) is 35.4 Å². The van der Waals surface area contributed by atoms with Crippen LogP contribution in [0, 0.1) is 0 Å². The van der Waals surface area contributed by atoms with Crippen LogP contribution < -0.4 is 15.5 Å². The van der Waals surface area contributed by atoms with E-state index in [0.29, 0.717) is 13.1 Å². The Kier molecular flexibility index (Phi) is 6.72. The molecule has 2 aromatic heterocycles. The number of carbonyl (C=O) groups is 1. The van der Waals surface area contributed by atoms with Gasteiger partial charge < -0.3 is 15.5 Å². The first-order chi connectivity index (χ1) is 12.8. The van der Waals surface area contributed by atoms with Gasteiger partial charge in [0.15, 0.2) is 0 Å². The molecule has 2 aromatic rings. The molecule has 0 atom stereocenters. The molecule has 3 heterocycles. The zero-order valence-corrected chi connectivity index (χ0v) is 14.8. The topological polar surface area (TPSA) is 86.3 Å². The predicted octanol–water partition coefficient (Wildman–Crippen LogP) is 0.883. The minimum Gasteiger partial charge on any atom is -0.338 e. The molecule has 8 heteroatoms. The number of carbonyl (C=O) groups excluding carboxylic acids is 1. The van der Waals surface area contributed by atoms with E-state index in [9.17, 15) is 4.79 Å². The van der Waals surface area contributed by atoms with Gasteiger partial charge in [0.05, 0.1) is 0 Å². The van der Waals surface area contributed by atoms with Crippen molar-refractivity contribution >= 4 is 12.0 Å². The molecular weight excluding hydrogens is 330 g/mol. The second-order valence-electron chi connectivity index (χ2n) is 6.20. The minimum atomic E-state index is -0.139. The zero-order valence-electron chi connectivity index (χ0n) is 14.8. The Morgan fingerprint density at radius 1 is 1.04 bits per heavy atom. The summed E-state index contributed by atoms with van der Waals surface area (Å²) in [4.78, 5) is 29.0. The molecule has 0 unspecified atom stereocenters. The largest absolute Gasteiger partial charge is 0.338 e. The number of rotatable bonds is 7. The van der Waals surface area contributed by atoms with Crippen LogP contribution in [-0.4, -0.2) is 65.2 Å². The number of amides is 2. The highest BCUT2D eigenvalue weighted by Crippen LogP contribution is 2.09. The molecule has 26 heavy (non-hydrogen) atoms. The van der Waals surface area contributed by atoms with Gasteiger partial charge in [0.1, 0.15) is 0 Å². The highest BCUT2D eigenvalue weighted by Gasteiger charge is 2.18. The summed E-state index contributed by atoms with van der Waals surface area (Å²) in [6, 6.07) is 5.49. The maximum absolute atomic E-state index is 11.8. The number of nitrogens with zero attached hydrogens (tertiary/aromatic N) is 5. The second kappa shape index (κ2) is 9.67. The molecule has 0 aliphatic carbocycles. The number of nitrogens with one attached hydrogen (secondary N) is 2. The molecule has 2 N–H and O–H groups in total. The number of hydrogen-bond donors (Lipinski definition) is 2. The summed E-state index contributed by atoms with van der Waals surface area (Å²) in [7, 11) is 0. The zero-order chi connectivity index (χ0) is 18.0. The van der Waals surface area contributed by atoms with E-state index in [1.165, 1.54) is 0 Å². The van der Waals surface area contributed by atoms with Crippen LogP contribution in [0.5, 0.6) is 0 Å². The Morgan fingerprint density at radius 3 is 2.58 bits per heavy atom. The number of piperazine rings is 1. The van der Waals surface area contributed by atoms with E-state index < -0.39 is 0 Å². The normalized spacial score (nSPS) is 14.8. The minimum absolute atomic E-state index is 0.139. The molecule has 0 aromatic carbocycles. The van der Waals surface area contributed by atoms with Gasteiger partial charge in [0.25, 0.3) is 0 Å². The second-order valence-corrected chi connectivity index (χ2v) is 6.20. The van der Waals surface area contributed by atoms with Crippen molar-refractivity contribution in [2.45, 2.75) is 13.0 Å². The van der Waals surface area contributed by atoms with Crippen LogP contribution in [0.4, 0.5) is 10.7 Å². The molecule has 0 radical (unpaired) electrons. The summed E-state index contributed by atoms with van der Waals surface area (Å²) in [6.07, 6.45) is 7.96. The van der Waals surface area contributed by atoms with Crippen molar-refractivity contribution in [3.05, 3.63) is 48.5 Å². The summed E-state index contributed by atoms with van der Waals surface area (Å²) in [5.74, 6) is 0.805. The van der Waals surface area contributed by atoms with Gasteiger partial charge in [0.2, 0.25) is 5.95 Å². The molecule has 1 aliphatic heterocycles. The maximum Gasteiger partial charge on any atom is 0.315 e. The van der Waals surface area contributed by atoms with Gasteiger partial charge in [-0.2, -0.15) is 0 Å². The van der Waals surface area contributed by atoms with Crippen LogP contribution in [0.1, 0.15) is 12.0 Å². The number of aromatic nitrogens is 3. The van der Waals surface area contributed by atoms with Crippen molar-refractivity contribution in [1.29, 1.82) is 0 Å². The van der Waals surface area contributed by atoms with Crippen LogP contribution in [0.25, 0.3) is 0 Å². The average Bonchev–Trinajstić information content (AvgIpc) is 2.71. The third kappa shape index (κ3) is 5.66. The molecule has 3 rings (SSSR count). The lowest BCUT2D eigenvalue weighted by Crippen LogP contribution is -2.47. The van der Waals surface area contributed by atoms with E-state index in [4.69, 9.17) is 0 Å². The smallest absolute Gasteiger partial charge is 0.315 e.